The van der Waals surface area contributed by atoms with E-state index in [2.05, 4.69) is 35.6 Å². The molecule has 0 saturated carbocycles. The Morgan fingerprint density at radius 1 is 2.00 bits per heavy atom. The summed E-state index contributed by atoms with van der Waals surface area (Å²) >= 11 is 2.43. The number of hydrogen-bond acceptors (Lipinski definition) is 0. The zero-order chi connectivity index (χ0) is 4.57. The van der Waals surface area contributed by atoms with E-state index in [-0.39, 0.29) is 0 Å². The lowest BCUT2D eigenvalue weighted by Gasteiger charge is -1.87. The van der Waals surface area contributed by atoms with Crippen LogP contribution in [0.4, 0.5) is 0 Å². The van der Waals surface area contributed by atoms with Gasteiger partial charge in [0.05, 0.1) is 0 Å². The maximum absolute atomic E-state index is 2.43. The number of hydrogen-bond donors (Lipinski definition) is 0. The highest BCUT2D eigenvalue weighted by Crippen LogP contribution is 2.27. The van der Waals surface area contributed by atoms with Crippen LogP contribution in [0.25, 0.3) is 0 Å². The predicted molar refractivity (Wildman–Crippen MR) is 36.2 cm³/mol. The summed E-state index contributed by atoms with van der Waals surface area (Å²) in [5.74, 6) is 0. The highest BCUT2D eigenvalue weighted by atomic mass is 127. The Balaban J connectivity index is 2.31. The minimum Gasteiger partial charge on any atom is -0.0799 e. The molecule has 0 bridgehead atoms. The summed E-state index contributed by atoms with van der Waals surface area (Å²) in [6.45, 7) is 2.22. The first-order valence-corrected chi connectivity index (χ1v) is 3.38. The second-order valence-corrected chi connectivity index (χ2v) is 3.47. The largest absolute Gasteiger partial charge is 0.0799 e. The molecule has 1 aliphatic carbocycles. The highest BCUT2D eigenvalue weighted by Gasteiger charge is 2.10. The molecule has 0 nitrogen and oxygen atoms in total. The number of rotatable bonds is 1. The normalized spacial score (nSPS) is 22.7. The molecule has 0 aromatic heterocycles. The monoisotopic (exact) mass is 194 g/mol. The summed E-state index contributed by atoms with van der Waals surface area (Å²) in [6.07, 6.45) is 3.56. The van der Waals surface area contributed by atoms with E-state index in [1.807, 2.05) is 0 Å². The molecule has 0 fully saturated rings. The standard InChI is InChI=1S/C5H7I/c1-4(6)5-2-3-5/h2,4H,3H2,1H3. The van der Waals surface area contributed by atoms with E-state index in [1.54, 1.807) is 5.57 Å². The highest BCUT2D eigenvalue weighted by molar-refractivity contribution is 14.1. The van der Waals surface area contributed by atoms with Gasteiger partial charge in [-0.15, -0.1) is 0 Å². The fourth-order valence-corrected chi connectivity index (χ4v) is 0.892. The molecule has 1 atom stereocenters. The molecule has 1 aliphatic rings. The van der Waals surface area contributed by atoms with E-state index in [9.17, 15) is 0 Å². The van der Waals surface area contributed by atoms with Gasteiger partial charge in [-0.2, -0.15) is 0 Å². The van der Waals surface area contributed by atoms with E-state index in [0.717, 1.165) is 3.92 Å². The van der Waals surface area contributed by atoms with Crippen LogP contribution in [0.1, 0.15) is 13.3 Å². The van der Waals surface area contributed by atoms with E-state index < -0.39 is 0 Å². The number of allylic oxidation sites excluding steroid dienone is 2. The molecule has 1 unspecified atom stereocenters. The first-order chi connectivity index (χ1) is 2.80. The summed E-state index contributed by atoms with van der Waals surface area (Å²) < 4.78 is 0.794. The van der Waals surface area contributed by atoms with Crippen LogP contribution in [0.5, 0.6) is 0 Å². The Morgan fingerprint density at radius 2 is 2.50 bits per heavy atom. The minimum atomic E-state index is 0.794. The van der Waals surface area contributed by atoms with E-state index in [0.29, 0.717) is 0 Å². The Hall–Kier alpha value is 0.470. The topological polar surface area (TPSA) is 0 Å². The van der Waals surface area contributed by atoms with E-state index in [1.165, 1.54) is 6.42 Å². The minimum absolute atomic E-state index is 0.794. The average molecular weight is 194 g/mol. The van der Waals surface area contributed by atoms with Gasteiger partial charge in [0.25, 0.3) is 0 Å². The van der Waals surface area contributed by atoms with Gasteiger partial charge >= 0.3 is 0 Å². The van der Waals surface area contributed by atoms with Crippen LogP contribution in [0.15, 0.2) is 11.6 Å². The molecule has 0 aliphatic heterocycles. The van der Waals surface area contributed by atoms with Gasteiger partial charge < -0.3 is 0 Å². The number of alkyl halides is 1. The molecule has 1 rings (SSSR count). The summed E-state index contributed by atoms with van der Waals surface area (Å²) in [5, 5.41) is 0. The van der Waals surface area contributed by atoms with Crippen LogP contribution in [-0.4, -0.2) is 3.92 Å². The Kier molecular flexibility index (Phi) is 1.17. The van der Waals surface area contributed by atoms with Gasteiger partial charge in [-0.3, -0.25) is 0 Å². The zero-order valence-electron chi connectivity index (χ0n) is 3.74. The SMILES string of the molecule is CC(I)C1=CC1. The molecule has 0 heterocycles. The number of halogens is 1. The van der Waals surface area contributed by atoms with Gasteiger partial charge in [0, 0.05) is 3.92 Å². The molecule has 0 amide bonds. The van der Waals surface area contributed by atoms with Gasteiger partial charge in [0.1, 0.15) is 0 Å². The zero-order valence-corrected chi connectivity index (χ0v) is 5.90. The van der Waals surface area contributed by atoms with E-state index in [4.69, 9.17) is 0 Å². The average Bonchev–Trinajstić information content (AvgIpc) is 2.06. The first kappa shape index (κ1) is 4.62. The molecule has 6 heavy (non-hydrogen) atoms. The first-order valence-electron chi connectivity index (χ1n) is 2.13. The maximum atomic E-state index is 2.43. The Morgan fingerprint density at radius 3 is 2.50 bits per heavy atom. The van der Waals surface area contributed by atoms with Crippen molar-refractivity contribution in [2.75, 3.05) is 0 Å². The lowest BCUT2D eigenvalue weighted by atomic mass is 10.4. The van der Waals surface area contributed by atoms with Crippen molar-refractivity contribution in [3.05, 3.63) is 11.6 Å². The molecular weight excluding hydrogens is 187 g/mol. The summed E-state index contributed by atoms with van der Waals surface area (Å²) in [7, 11) is 0. The van der Waals surface area contributed by atoms with Crippen molar-refractivity contribution in [3.63, 3.8) is 0 Å². The van der Waals surface area contributed by atoms with Crippen molar-refractivity contribution in [2.45, 2.75) is 17.3 Å². The summed E-state index contributed by atoms with van der Waals surface area (Å²) in [4.78, 5) is 0. The molecule has 0 saturated heterocycles. The van der Waals surface area contributed by atoms with Crippen molar-refractivity contribution in [2.24, 2.45) is 0 Å². The van der Waals surface area contributed by atoms with Crippen LogP contribution in [0, 0.1) is 0 Å². The fourth-order valence-electron chi connectivity index (χ4n) is 0.384. The Labute approximate surface area is 51.8 Å². The van der Waals surface area contributed by atoms with Crippen LogP contribution in [0.2, 0.25) is 0 Å². The second kappa shape index (κ2) is 1.52. The fraction of sp³-hybridized carbons (Fsp3) is 0.600. The molecule has 34 valence electrons. The maximum Gasteiger partial charge on any atom is 0.0293 e. The molecule has 0 spiro atoms. The molecule has 1 heteroatoms. The summed E-state index contributed by atoms with van der Waals surface area (Å²) in [5.41, 5.74) is 1.62. The summed E-state index contributed by atoms with van der Waals surface area (Å²) in [6, 6.07) is 0. The van der Waals surface area contributed by atoms with Gasteiger partial charge in [0.15, 0.2) is 0 Å². The van der Waals surface area contributed by atoms with E-state index >= 15 is 0 Å². The molecule has 0 radical (unpaired) electrons. The smallest absolute Gasteiger partial charge is 0.0293 e. The van der Waals surface area contributed by atoms with Gasteiger partial charge in [0.2, 0.25) is 0 Å². The van der Waals surface area contributed by atoms with Crippen molar-refractivity contribution in [1.82, 2.24) is 0 Å². The van der Waals surface area contributed by atoms with Crippen LogP contribution in [0.3, 0.4) is 0 Å². The van der Waals surface area contributed by atoms with Crippen molar-refractivity contribution in [3.8, 4) is 0 Å². The molecule has 0 aromatic carbocycles. The van der Waals surface area contributed by atoms with Crippen molar-refractivity contribution >= 4 is 22.6 Å². The molecular formula is C5H7I. The predicted octanol–water partition coefficient (Wildman–Crippen LogP) is 2.14. The van der Waals surface area contributed by atoms with Crippen LogP contribution in [-0.2, 0) is 0 Å². The lowest BCUT2D eigenvalue weighted by Crippen LogP contribution is -1.80. The molecule has 0 aromatic rings. The third-order valence-corrected chi connectivity index (χ3v) is 1.75. The third kappa shape index (κ3) is 0.965. The van der Waals surface area contributed by atoms with Gasteiger partial charge in [-0.1, -0.05) is 34.2 Å². The third-order valence-electron chi connectivity index (χ3n) is 0.951. The lowest BCUT2D eigenvalue weighted by molar-refractivity contribution is 1.22. The van der Waals surface area contributed by atoms with Crippen molar-refractivity contribution < 1.29 is 0 Å². The van der Waals surface area contributed by atoms with Crippen LogP contribution >= 0.6 is 22.6 Å². The second-order valence-electron chi connectivity index (χ2n) is 1.60. The molecule has 0 N–H and O–H groups in total. The van der Waals surface area contributed by atoms with Gasteiger partial charge in [-0.05, 0) is 13.3 Å². The quantitative estimate of drug-likeness (QED) is 0.340. The van der Waals surface area contributed by atoms with Gasteiger partial charge in [-0.25, -0.2) is 0 Å². The van der Waals surface area contributed by atoms with Crippen molar-refractivity contribution in [1.29, 1.82) is 0 Å². The van der Waals surface area contributed by atoms with Crippen LogP contribution < -0.4 is 0 Å². The Bertz CT molecular complexity index is 81.9.